The Hall–Kier alpha value is -4.05. The maximum Gasteiger partial charge on any atom is 0.430 e. The number of hydrogen-bond acceptors (Lipinski definition) is 6. The first kappa shape index (κ1) is 29.9. The van der Waals surface area contributed by atoms with E-state index in [1.165, 1.54) is 0 Å². The average Bonchev–Trinajstić information content (AvgIpc) is 2.98. The Kier molecular flexibility index (Phi) is 9.88. The van der Waals surface area contributed by atoms with E-state index >= 15 is 0 Å². The van der Waals surface area contributed by atoms with Gasteiger partial charge in [-0.2, -0.15) is 13.2 Å². The number of benzene rings is 3. The fourth-order valence-electron chi connectivity index (χ4n) is 5.39. The third-order valence-electron chi connectivity index (χ3n) is 7.57. The number of fused-ring (bicyclic) bond motifs is 3. The molecule has 218 valence electrons. The lowest BCUT2D eigenvalue weighted by Gasteiger charge is -2.52. The van der Waals surface area contributed by atoms with Gasteiger partial charge in [0, 0.05) is 24.4 Å². The van der Waals surface area contributed by atoms with Crippen molar-refractivity contribution in [3.8, 4) is 5.75 Å². The second-order valence-corrected chi connectivity index (χ2v) is 10.3. The molecule has 2 bridgehead atoms. The molecular formula is C31H33F3N2O5. The molecule has 1 unspecified atom stereocenters. The zero-order chi connectivity index (χ0) is 29.3. The summed E-state index contributed by atoms with van der Waals surface area (Å²) >= 11 is 0. The number of carbonyl (C=O) groups is 2. The van der Waals surface area contributed by atoms with E-state index in [4.69, 9.17) is 19.4 Å². The summed E-state index contributed by atoms with van der Waals surface area (Å²) in [5, 5.41) is 12.2. The number of nitrogens with zero attached hydrogens (tertiary/aromatic N) is 1. The summed E-state index contributed by atoms with van der Waals surface area (Å²) in [6.45, 7) is 4.78. The van der Waals surface area contributed by atoms with Gasteiger partial charge in [-0.3, -0.25) is 0 Å². The summed E-state index contributed by atoms with van der Waals surface area (Å²) in [6, 6.07) is 29.2. The van der Waals surface area contributed by atoms with Gasteiger partial charge in [-0.15, -0.1) is 0 Å². The number of quaternary nitrogens is 1. The van der Waals surface area contributed by atoms with Crippen LogP contribution in [0.25, 0.3) is 0 Å². The molecule has 3 aromatic rings. The molecule has 0 aromatic heterocycles. The number of ether oxygens (including phenoxy) is 2. The molecule has 3 heterocycles. The Morgan fingerprint density at radius 2 is 1.44 bits per heavy atom. The van der Waals surface area contributed by atoms with Gasteiger partial charge >= 0.3 is 12.1 Å². The molecule has 3 aromatic carbocycles. The summed E-state index contributed by atoms with van der Waals surface area (Å²) in [7, 11) is 0. The van der Waals surface area contributed by atoms with E-state index in [2.05, 4.69) is 5.32 Å². The lowest BCUT2D eigenvalue weighted by atomic mass is 9.83. The van der Waals surface area contributed by atoms with Gasteiger partial charge in [0.15, 0.2) is 12.1 Å². The van der Waals surface area contributed by atoms with Crippen LogP contribution in [0.15, 0.2) is 91.0 Å². The standard InChI is InChI=1S/C29H33N2O3.C2HF3O2/c32-29(28(24-10-4-1-5-11-24)30-25-12-6-2-7-13-25)34-27-22-31(18-16-23(27)17-19-31)20-21-33-26-14-8-3-9-15-26;3-2(4,5)1(6)7/h1-15,23,27-28,30H,16-22H2;(H,6,7)/q+1;/p-1/t23?,27-,28?,31?;/m0./s1. The Labute approximate surface area is 237 Å². The van der Waals surface area contributed by atoms with Gasteiger partial charge in [-0.05, 0) is 29.8 Å². The quantitative estimate of drug-likeness (QED) is 0.304. The Morgan fingerprint density at radius 1 is 0.902 bits per heavy atom. The number of piperidine rings is 3. The van der Waals surface area contributed by atoms with Crippen molar-refractivity contribution in [2.24, 2.45) is 5.92 Å². The van der Waals surface area contributed by atoms with Crippen LogP contribution in [0.1, 0.15) is 24.4 Å². The molecule has 6 rings (SSSR count). The van der Waals surface area contributed by atoms with Crippen molar-refractivity contribution >= 4 is 17.6 Å². The molecule has 10 heteroatoms. The summed E-state index contributed by atoms with van der Waals surface area (Å²) in [5.41, 5.74) is 1.82. The number of para-hydroxylation sites is 2. The number of nitrogens with one attached hydrogen (secondary N) is 1. The normalized spacial score (nSPS) is 22.0. The minimum Gasteiger partial charge on any atom is -0.542 e. The lowest BCUT2D eigenvalue weighted by molar-refractivity contribution is -0.946. The van der Waals surface area contributed by atoms with Gasteiger partial charge < -0.3 is 29.2 Å². The van der Waals surface area contributed by atoms with E-state index in [1.54, 1.807) is 0 Å². The molecule has 2 atom stereocenters. The van der Waals surface area contributed by atoms with Gasteiger partial charge in [0.2, 0.25) is 0 Å². The van der Waals surface area contributed by atoms with Crippen molar-refractivity contribution in [2.75, 3.05) is 38.1 Å². The van der Waals surface area contributed by atoms with Crippen LogP contribution < -0.4 is 15.2 Å². The highest BCUT2D eigenvalue weighted by atomic mass is 19.4. The summed E-state index contributed by atoms with van der Waals surface area (Å²) < 4.78 is 44.8. The minimum absolute atomic E-state index is 0.0458. The number of anilines is 1. The number of carboxylic acids is 1. The molecule has 0 saturated carbocycles. The van der Waals surface area contributed by atoms with E-state index in [0.717, 1.165) is 60.5 Å². The Bertz CT molecular complexity index is 1250. The van der Waals surface area contributed by atoms with Crippen molar-refractivity contribution in [3.63, 3.8) is 0 Å². The molecule has 0 radical (unpaired) electrons. The predicted molar refractivity (Wildman–Crippen MR) is 145 cm³/mol. The molecule has 7 nitrogen and oxygen atoms in total. The highest BCUT2D eigenvalue weighted by Crippen LogP contribution is 2.36. The average molecular weight is 571 g/mol. The van der Waals surface area contributed by atoms with E-state index in [1.807, 2.05) is 91.0 Å². The van der Waals surface area contributed by atoms with Crippen molar-refractivity contribution < 1.29 is 41.8 Å². The van der Waals surface area contributed by atoms with E-state index < -0.39 is 18.2 Å². The molecule has 3 aliphatic heterocycles. The molecule has 3 aliphatic rings. The molecule has 41 heavy (non-hydrogen) atoms. The highest BCUT2D eigenvalue weighted by molar-refractivity contribution is 5.81. The number of esters is 1. The number of carbonyl (C=O) groups excluding carboxylic acids is 2. The molecule has 3 fully saturated rings. The Balaban J connectivity index is 0.000000493. The molecule has 1 N–H and O–H groups in total. The fourth-order valence-corrected chi connectivity index (χ4v) is 5.39. The number of hydrogen-bond donors (Lipinski definition) is 1. The van der Waals surface area contributed by atoms with Crippen LogP contribution in [0, 0.1) is 5.92 Å². The van der Waals surface area contributed by atoms with Gasteiger partial charge in [0.1, 0.15) is 31.4 Å². The predicted octanol–water partition coefficient (Wildman–Crippen LogP) is 4.37. The lowest BCUT2D eigenvalue weighted by Crippen LogP contribution is -2.65. The maximum atomic E-state index is 13.5. The smallest absolute Gasteiger partial charge is 0.430 e. The van der Waals surface area contributed by atoms with Crippen molar-refractivity contribution in [1.29, 1.82) is 0 Å². The first-order valence-electron chi connectivity index (χ1n) is 13.5. The maximum absolute atomic E-state index is 13.5. The van der Waals surface area contributed by atoms with Crippen LogP contribution >= 0.6 is 0 Å². The van der Waals surface area contributed by atoms with Crippen LogP contribution in [0.5, 0.6) is 5.75 Å². The summed E-state index contributed by atoms with van der Waals surface area (Å²) in [4.78, 5) is 22.3. The number of aliphatic carboxylic acids is 1. The fraction of sp³-hybridized carbons (Fsp3) is 0.355. The van der Waals surface area contributed by atoms with Gasteiger partial charge in [-0.1, -0.05) is 66.7 Å². The zero-order valence-electron chi connectivity index (χ0n) is 22.5. The van der Waals surface area contributed by atoms with Crippen LogP contribution in [0.2, 0.25) is 0 Å². The molecule has 0 amide bonds. The van der Waals surface area contributed by atoms with Crippen LogP contribution in [-0.4, -0.2) is 61.5 Å². The van der Waals surface area contributed by atoms with Crippen molar-refractivity contribution in [3.05, 3.63) is 96.6 Å². The summed E-state index contributed by atoms with van der Waals surface area (Å²) in [6.07, 6.45) is -3.04. The van der Waals surface area contributed by atoms with Gasteiger partial charge in [-0.25, -0.2) is 4.79 Å². The minimum atomic E-state index is -5.19. The molecule has 0 spiro atoms. The molecule has 0 aliphatic carbocycles. The number of halogens is 3. The summed E-state index contributed by atoms with van der Waals surface area (Å²) in [5.74, 6) is -1.85. The SMILES string of the molecule is O=C(O[C@H]1C[N+]2(CCOc3ccccc3)CCC1CC2)C(Nc1ccccc1)c1ccccc1.O=C([O-])C(F)(F)F. The molecular weight excluding hydrogens is 537 g/mol. The number of alkyl halides is 3. The third kappa shape index (κ3) is 8.47. The second-order valence-electron chi connectivity index (χ2n) is 10.3. The van der Waals surface area contributed by atoms with E-state index in [0.29, 0.717) is 12.5 Å². The topological polar surface area (TPSA) is 87.7 Å². The van der Waals surface area contributed by atoms with Crippen molar-refractivity contribution in [1.82, 2.24) is 0 Å². The van der Waals surface area contributed by atoms with Gasteiger partial charge in [0.25, 0.3) is 0 Å². The van der Waals surface area contributed by atoms with Crippen LogP contribution in [0.4, 0.5) is 18.9 Å². The second kappa shape index (κ2) is 13.5. The third-order valence-corrected chi connectivity index (χ3v) is 7.57. The first-order chi connectivity index (χ1) is 19.7. The Morgan fingerprint density at radius 3 is 2.00 bits per heavy atom. The van der Waals surface area contributed by atoms with Gasteiger partial charge in [0.05, 0.1) is 13.1 Å². The van der Waals surface area contributed by atoms with E-state index in [9.17, 15) is 18.0 Å². The van der Waals surface area contributed by atoms with Crippen LogP contribution in [0.3, 0.4) is 0 Å². The zero-order valence-corrected chi connectivity index (χ0v) is 22.5. The monoisotopic (exact) mass is 570 g/mol. The number of rotatable bonds is 9. The number of carboxylic acid groups (broad SMARTS) is 1. The van der Waals surface area contributed by atoms with E-state index in [-0.39, 0.29) is 12.1 Å². The van der Waals surface area contributed by atoms with Crippen molar-refractivity contribution in [2.45, 2.75) is 31.2 Å². The highest BCUT2D eigenvalue weighted by Gasteiger charge is 2.48. The van der Waals surface area contributed by atoms with Crippen LogP contribution in [-0.2, 0) is 14.3 Å². The largest absolute Gasteiger partial charge is 0.542 e. The first-order valence-corrected chi connectivity index (χ1v) is 13.5. The molecule has 3 saturated heterocycles.